The Balaban J connectivity index is 1.50. The molecule has 1 N–H and O–H groups in total. The van der Waals surface area contributed by atoms with E-state index in [9.17, 15) is 22.8 Å². The minimum Gasteiger partial charge on any atom is -0.376 e. The highest BCUT2D eigenvalue weighted by Gasteiger charge is 2.44. The molecule has 2 aliphatic rings. The molecular formula is C28H27ClN4O6S. The van der Waals surface area contributed by atoms with Crippen molar-refractivity contribution in [2.45, 2.75) is 36.4 Å². The average molecular weight is 583 g/mol. The van der Waals surface area contributed by atoms with Crippen molar-refractivity contribution in [3.05, 3.63) is 94.8 Å². The fraction of sp³-hybridized carbons (Fsp3) is 0.286. The molecule has 3 aromatic rings. The van der Waals surface area contributed by atoms with Crippen LogP contribution in [-0.2, 0) is 30.9 Å². The maximum atomic E-state index is 14.0. The van der Waals surface area contributed by atoms with E-state index in [0.29, 0.717) is 21.5 Å². The molecule has 0 unspecified atom stereocenters. The second kappa shape index (κ2) is 11.7. The highest BCUT2D eigenvalue weighted by molar-refractivity contribution is 7.90. The van der Waals surface area contributed by atoms with Gasteiger partial charge in [0.1, 0.15) is 11.4 Å². The van der Waals surface area contributed by atoms with Gasteiger partial charge in [-0.15, -0.1) is 0 Å². The van der Waals surface area contributed by atoms with Crippen molar-refractivity contribution >= 4 is 39.3 Å². The lowest BCUT2D eigenvalue weighted by Gasteiger charge is -2.32. The molecule has 3 amide bonds. The van der Waals surface area contributed by atoms with Crippen molar-refractivity contribution in [3.63, 3.8) is 0 Å². The number of amides is 3. The smallest absolute Gasteiger partial charge is 0.269 e. The van der Waals surface area contributed by atoms with Gasteiger partial charge in [-0.3, -0.25) is 19.4 Å². The number of carbonyl (C=O) groups is 3. The summed E-state index contributed by atoms with van der Waals surface area (Å²) in [5.41, 5.74) is 0.791. The number of sulfonamides is 1. The highest BCUT2D eigenvalue weighted by atomic mass is 35.5. The van der Waals surface area contributed by atoms with E-state index in [-0.39, 0.29) is 35.3 Å². The average Bonchev–Trinajstić information content (AvgIpc) is 3.55. The minimum absolute atomic E-state index is 0.0106. The van der Waals surface area contributed by atoms with Crippen molar-refractivity contribution in [2.24, 2.45) is 0 Å². The second-order valence-corrected chi connectivity index (χ2v) is 11.7. The molecule has 12 heteroatoms. The third kappa shape index (κ3) is 5.58. The van der Waals surface area contributed by atoms with Crippen molar-refractivity contribution in [2.75, 3.05) is 19.7 Å². The van der Waals surface area contributed by atoms with Crippen molar-refractivity contribution in [1.29, 1.82) is 0 Å². The number of fused-ring (bicyclic) bond motifs is 1. The van der Waals surface area contributed by atoms with Crippen LogP contribution in [-0.4, -0.2) is 66.1 Å². The van der Waals surface area contributed by atoms with E-state index >= 15 is 0 Å². The van der Waals surface area contributed by atoms with Crippen molar-refractivity contribution < 1.29 is 27.5 Å². The Bertz CT molecular complexity index is 1530. The molecule has 0 radical (unpaired) electrons. The van der Waals surface area contributed by atoms with Gasteiger partial charge in [0.25, 0.3) is 15.9 Å². The summed E-state index contributed by atoms with van der Waals surface area (Å²) in [4.78, 5) is 46.1. The summed E-state index contributed by atoms with van der Waals surface area (Å²) in [6, 6.07) is 16.3. The molecule has 2 atom stereocenters. The predicted octanol–water partition coefficient (Wildman–Crippen LogP) is 2.94. The molecule has 208 valence electrons. The van der Waals surface area contributed by atoms with Crippen LogP contribution in [0.25, 0.3) is 0 Å². The first kappa shape index (κ1) is 27.8. The van der Waals surface area contributed by atoms with Gasteiger partial charge in [-0.1, -0.05) is 48.0 Å². The lowest BCUT2D eigenvalue weighted by molar-refractivity contribution is -0.141. The van der Waals surface area contributed by atoms with Gasteiger partial charge in [-0.05, 0) is 48.7 Å². The summed E-state index contributed by atoms with van der Waals surface area (Å²) >= 11 is 6.42. The predicted molar refractivity (Wildman–Crippen MR) is 146 cm³/mol. The molecular weight excluding hydrogens is 556 g/mol. The molecule has 0 saturated carbocycles. The summed E-state index contributed by atoms with van der Waals surface area (Å²) in [7, 11) is -4.26. The van der Waals surface area contributed by atoms with Crippen LogP contribution in [0.5, 0.6) is 0 Å². The SMILES string of the molecule is O=C(NC[C@@H]1CCCO1)[C@@H](c1ccccn1)N(Cc1ccccc1Cl)C(=O)CN1C(=O)c2ccccc2S1(=O)=O. The lowest BCUT2D eigenvalue weighted by atomic mass is 10.1. The summed E-state index contributed by atoms with van der Waals surface area (Å²) < 4.78 is 32.6. The number of benzene rings is 2. The molecule has 1 fully saturated rings. The number of hydrogen-bond acceptors (Lipinski definition) is 7. The number of pyridine rings is 1. The summed E-state index contributed by atoms with van der Waals surface area (Å²) in [6.45, 7) is -0.0859. The lowest BCUT2D eigenvalue weighted by Crippen LogP contribution is -2.49. The Morgan fingerprint density at radius 2 is 1.85 bits per heavy atom. The van der Waals surface area contributed by atoms with Gasteiger partial charge in [0.05, 0.1) is 17.4 Å². The zero-order valence-corrected chi connectivity index (χ0v) is 23.0. The molecule has 2 aliphatic heterocycles. The van der Waals surface area contributed by atoms with Crippen LogP contribution in [0, 0.1) is 0 Å². The topological polar surface area (TPSA) is 126 Å². The molecule has 5 rings (SSSR count). The molecule has 0 aliphatic carbocycles. The van der Waals surface area contributed by atoms with E-state index in [1.807, 2.05) is 0 Å². The number of halogens is 1. The van der Waals surface area contributed by atoms with Gasteiger partial charge in [0, 0.05) is 30.9 Å². The Morgan fingerprint density at radius 3 is 2.55 bits per heavy atom. The van der Waals surface area contributed by atoms with Gasteiger partial charge < -0.3 is 15.0 Å². The second-order valence-electron chi connectivity index (χ2n) is 9.46. The number of carbonyl (C=O) groups excluding carboxylic acids is 3. The zero-order chi connectivity index (χ0) is 28.3. The van der Waals surface area contributed by atoms with Crippen LogP contribution in [0.3, 0.4) is 0 Å². The van der Waals surface area contributed by atoms with E-state index in [1.54, 1.807) is 48.5 Å². The van der Waals surface area contributed by atoms with E-state index in [0.717, 1.165) is 12.8 Å². The van der Waals surface area contributed by atoms with E-state index in [4.69, 9.17) is 16.3 Å². The van der Waals surface area contributed by atoms with Crippen molar-refractivity contribution in [3.8, 4) is 0 Å². The van der Waals surface area contributed by atoms with Gasteiger partial charge in [-0.2, -0.15) is 0 Å². The Labute approximate surface area is 236 Å². The fourth-order valence-electron chi connectivity index (χ4n) is 4.82. The summed E-state index contributed by atoms with van der Waals surface area (Å²) in [6.07, 6.45) is 3.04. The first-order valence-corrected chi connectivity index (χ1v) is 14.6. The van der Waals surface area contributed by atoms with Crippen LogP contribution in [0.4, 0.5) is 0 Å². The van der Waals surface area contributed by atoms with Crippen LogP contribution in [0.1, 0.15) is 40.5 Å². The number of aromatic nitrogens is 1. The third-order valence-corrected chi connectivity index (χ3v) is 9.02. The molecule has 0 spiro atoms. The van der Waals surface area contributed by atoms with Crippen LogP contribution in [0.15, 0.2) is 77.8 Å². The Kier molecular flexibility index (Phi) is 8.15. The molecule has 1 aromatic heterocycles. The first-order valence-electron chi connectivity index (χ1n) is 12.8. The molecule has 3 heterocycles. The third-order valence-electron chi connectivity index (χ3n) is 6.87. The zero-order valence-electron chi connectivity index (χ0n) is 21.4. The molecule has 40 heavy (non-hydrogen) atoms. The number of ether oxygens (including phenoxy) is 1. The fourth-order valence-corrected chi connectivity index (χ4v) is 6.54. The molecule has 10 nitrogen and oxygen atoms in total. The molecule has 0 bridgehead atoms. The first-order chi connectivity index (χ1) is 19.3. The largest absolute Gasteiger partial charge is 0.376 e. The number of hydrogen-bond donors (Lipinski definition) is 1. The Hall–Kier alpha value is -3.80. The van der Waals surface area contributed by atoms with Gasteiger partial charge >= 0.3 is 0 Å². The van der Waals surface area contributed by atoms with Gasteiger partial charge in [0.15, 0.2) is 6.04 Å². The number of rotatable bonds is 9. The van der Waals surface area contributed by atoms with E-state index < -0.39 is 40.3 Å². The summed E-state index contributed by atoms with van der Waals surface area (Å²) in [5.74, 6) is -2.10. The normalized spacial score (nSPS) is 18.3. The van der Waals surface area contributed by atoms with Crippen LogP contribution >= 0.6 is 11.6 Å². The van der Waals surface area contributed by atoms with E-state index in [1.165, 1.54) is 29.3 Å². The maximum Gasteiger partial charge on any atom is 0.269 e. The maximum absolute atomic E-state index is 14.0. The van der Waals surface area contributed by atoms with Crippen LogP contribution in [0.2, 0.25) is 5.02 Å². The van der Waals surface area contributed by atoms with Gasteiger partial charge in [-0.25, -0.2) is 12.7 Å². The Morgan fingerprint density at radius 1 is 1.10 bits per heavy atom. The number of nitrogens with one attached hydrogen (secondary N) is 1. The van der Waals surface area contributed by atoms with Gasteiger partial charge in [0.2, 0.25) is 11.8 Å². The van der Waals surface area contributed by atoms with Crippen LogP contribution < -0.4 is 5.32 Å². The summed E-state index contributed by atoms with van der Waals surface area (Å²) in [5, 5.41) is 3.22. The highest BCUT2D eigenvalue weighted by Crippen LogP contribution is 2.31. The number of nitrogens with zero attached hydrogens (tertiary/aromatic N) is 3. The standard InChI is InChI=1S/C28H27ClN4O6S/c29-22-11-3-1-8-19(22)17-32(25(34)18-33-28(36)21-10-2-4-13-24(21)40(33,37)38)26(23-12-5-6-14-30-23)27(35)31-16-20-9-7-15-39-20/h1-6,8,10-14,20,26H,7,9,15-18H2,(H,31,35)/t20-,26+/m0/s1. The quantitative estimate of drug-likeness (QED) is 0.411. The minimum atomic E-state index is -4.26. The molecule has 1 saturated heterocycles. The van der Waals surface area contributed by atoms with Crippen molar-refractivity contribution in [1.82, 2.24) is 19.5 Å². The molecule has 2 aromatic carbocycles. The monoisotopic (exact) mass is 582 g/mol. The van der Waals surface area contributed by atoms with E-state index in [2.05, 4.69) is 10.3 Å².